The van der Waals surface area contributed by atoms with Crippen LogP contribution in [0.1, 0.15) is 22.0 Å². The topological polar surface area (TPSA) is 28.6 Å². The van der Waals surface area contributed by atoms with Gasteiger partial charge in [0.1, 0.15) is 10.8 Å². The molecule has 1 aliphatic heterocycles. The van der Waals surface area contributed by atoms with Crippen molar-refractivity contribution >= 4 is 17.0 Å². The molecular formula is C18H23N3OS. The predicted molar refractivity (Wildman–Crippen MR) is 94.6 cm³/mol. The highest BCUT2D eigenvalue weighted by Crippen LogP contribution is 2.28. The summed E-state index contributed by atoms with van der Waals surface area (Å²) in [5.74, 6) is 0.933. The molecule has 2 aromatic rings. The maximum absolute atomic E-state index is 5.33. The molecular weight excluding hydrogens is 306 g/mol. The van der Waals surface area contributed by atoms with Crippen LogP contribution >= 0.6 is 11.3 Å². The Hall–Kier alpha value is -1.59. The summed E-state index contributed by atoms with van der Waals surface area (Å²) in [6.45, 7) is 5.35. The van der Waals surface area contributed by atoms with Crippen LogP contribution in [0, 0.1) is 0 Å². The van der Waals surface area contributed by atoms with E-state index in [1.54, 1.807) is 7.11 Å². The SMILES string of the molecule is COc1cccc(N2CCN(Cc3nc4c(s3)CCC4)CC2)c1. The first-order valence-electron chi connectivity index (χ1n) is 8.40. The molecule has 2 aliphatic rings. The van der Waals surface area contributed by atoms with E-state index in [0.717, 1.165) is 38.5 Å². The lowest BCUT2D eigenvalue weighted by Crippen LogP contribution is -2.45. The molecule has 0 amide bonds. The average Bonchev–Trinajstić information content (AvgIpc) is 3.17. The van der Waals surface area contributed by atoms with Gasteiger partial charge < -0.3 is 9.64 Å². The Kier molecular flexibility index (Phi) is 4.23. The molecule has 23 heavy (non-hydrogen) atoms. The summed E-state index contributed by atoms with van der Waals surface area (Å²) in [4.78, 5) is 11.3. The van der Waals surface area contributed by atoms with Crippen molar-refractivity contribution in [1.29, 1.82) is 0 Å². The van der Waals surface area contributed by atoms with Gasteiger partial charge in [-0.25, -0.2) is 4.98 Å². The second kappa shape index (κ2) is 6.49. The van der Waals surface area contributed by atoms with Gasteiger partial charge in [0.05, 0.1) is 19.3 Å². The van der Waals surface area contributed by atoms with Crippen molar-refractivity contribution in [1.82, 2.24) is 9.88 Å². The number of nitrogens with zero attached hydrogens (tertiary/aromatic N) is 3. The minimum Gasteiger partial charge on any atom is -0.497 e. The quantitative estimate of drug-likeness (QED) is 0.862. The summed E-state index contributed by atoms with van der Waals surface area (Å²) in [5.41, 5.74) is 2.64. The number of hydrogen-bond acceptors (Lipinski definition) is 5. The summed E-state index contributed by atoms with van der Waals surface area (Å²) < 4.78 is 5.33. The highest BCUT2D eigenvalue weighted by molar-refractivity contribution is 7.11. The first kappa shape index (κ1) is 15.0. The summed E-state index contributed by atoms with van der Waals surface area (Å²) in [6.07, 6.45) is 3.74. The molecule has 122 valence electrons. The van der Waals surface area contributed by atoms with E-state index in [2.05, 4.69) is 28.0 Å². The number of piperazine rings is 1. The predicted octanol–water partition coefficient (Wildman–Crippen LogP) is 2.96. The van der Waals surface area contributed by atoms with Crippen molar-refractivity contribution in [2.45, 2.75) is 25.8 Å². The van der Waals surface area contributed by atoms with Crippen LogP contribution in [0.25, 0.3) is 0 Å². The highest BCUT2D eigenvalue weighted by Gasteiger charge is 2.21. The molecule has 2 heterocycles. The summed E-state index contributed by atoms with van der Waals surface area (Å²) in [7, 11) is 1.72. The van der Waals surface area contributed by atoms with E-state index >= 15 is 0 Å². The molecule has 4 nitrogen and oxygen atoms in total. The van der Waals surface area contributed by atoms with E-state index in [4.69, 9.17) is 9.72 Å². The van der Waals surface area contributed by atoms with Gasteiger partial charge in [-0.1, -0.05) is 6.07 Å². The van der Waals surface area contributed by atoms with E-state index in [1.807, 2.05) is 17.4 Å². The van der Waals surface area contributed by atoms with Crippen molar-refractivity contribution in [2.75, 3.05) is 38.2 Å². The molecule has 0 spiro atoms. The van der Waals surface area contributed by atoms with Crippen molar-refractivity contribution < 1.29 is 4.74 Å². The fourth-order valence-corrected chi connectivity index (χ4v) is 4.67. The summed E-state index contributed by atoms with van der Waals surface area (Å²) in [6, 6.07) is 8.36. The third-order valence-corrected chi connectivity index (χ3v) is 5.93. The maximum Gasteiger partial charge on any atom is 0.120 e. The van der Waals surface area contributed by atoms with Gasteiger partial charge >= 0.3 is 0 Å². The van der Waals surface area contributed by atoms with Gasteiger partial charge in [-0.2, -0.15) is 0 Å². The third kappa shape index (κ3) is 3.21. The Morgan fingerprint density at radius 1 is 1.17 bits per heavy atom. The highest BCUT2D eigenvalue weighted by atomic mass is 32.1. The van der Waals surface area contributed by atoms with Gasteiger partial charge in [0.25, 0.3) is 0 Å². The fourth-order valence-electron chi connectivity index (χ4n) is 3.47. The Bertz CT molecular complexity index is 655. The van der Waals surface area contributed by atoms with Crippen molar-refractivity contribution in [3.63, 3.8) is 0 Å². The first-order chi connectivity index (χ1) is 11.3. The van der Waals surface area contributed by atoms with E-state index in [9.17, 15) is 0 Å². The molecule has 0 saturated carbocycles. The molecule has 1 saturated heterocycles. The lowest BCUT2D eigenvalue weighted by molar-refractivity contribution is 0.249. The third-order valence-electron chi connectivity index (χ3n) is 4.79. The number of thiazole rings is 1. The molecule has 0 N–H and O–H groups in total. The Morgan fingerprint density at radius 2 is 2.04 bits per heavy atom. The monoisotopic (exact) mass is 329 g/mol. The van der Waals surface area contributed by atoms with Crippen LogP contribution in [0.15, 0.2) is 24.3 Å². The minimum absolute atomic E-state index is 0.933. The minimum atomic E-state index is 0.933. The van der Waals surface area contributed by atoms with Crippen LogP contribution in [0.3, 0.4) is 0 Å². The summed E-state index contributed by atoms with van der Waals surface area (Å²) >= 11 is 1.93. The van der Waals surface area contributed by atoms with E-state index in [-0.39, 0.29) is 0 Å². The number of benzene rings is 1. The number of methoxy groups -OCH3 is 1. The van der Waals surface area contributed by atoms with Gasteiger partial charge in [0, 0.05) is 42.8 Å². The number of anilines is 1. The number of ether oxygens (including phenoxy) is 1. The van der Waals surface area contributed by atoms with Crippen LogP contribution in [-0.4, -0.2) is 43.2 Å². The smallest absolute Gasteiger partial charge is 0.120 e. The maximum atomic E-state index is 5.33. The normalized spacial score (nSPS) is 18.2. The molecule has 0 atom stereocenters. The molecule has 1 aliphatic carbocycles. The van der Waals surface area contributed by atoms with Gasteiger partial charge in [0.2, 0.25) is 0 Å². The van der Waals surface area contributed by atoms with Crippen LogP contribution < -0.4 is 9.64 Å². The standard InChI is InChI=1S/C18H23N3OS/c1-22-15-5-2-4-14(12-15)21-10-8-20(9-11-21)13-18-19-16-6-3-7-17(16)23-18/h2,4-5,12H,3,6-11,13H2,1H3. The Labute approximate surface area is 141 Å². The van der Waals surface area contributed by atoms with Gasteiger partial charge in [-0.05, 0) is 31.4 Å². The molecule has 0 radical (unpaired) electrons. The second-order valence-electron chi connectivity index (χ2n) is 6.30. The van der Waals surface area contributed by atoms with Crippen LogP contribution in [-0.2, 0) is 19.4 Å². The van der Waals surface area contributed by atoms with Gasteiger partial charge in [-0.15, -0.1) is 11.3 Å². The zero-order valence-corrected chi connectivity index (χ0v) is 14.4. The van der Waals surface area contributed by atoms with Crippen molar-refractivity contribution in [3.8, 4) is 5.75 Å². The first-order valence-corrected chi connectivity index (χ1v) is 9.22. The largest absolute Gasteiger partial charge is 0.497 e. The zero-order chi connectivity index (χ0) is 15.6. The number of rotatable bonds is 4. The number of fused-ring (bicyclic) bond motifs is 1. The number of hydrogen-bond donors (Lipinski definition) is 0. The zero-order valence-electron chi connectivity index (χ0n) is 13.6. The van der Waals surface area contributed by atoms with Crippen molar-refractivity contribution in [3.05, 3.63) is 39.8 Å². The Morgan fingerprint density at radius 3 is 2.83 bits per heavy atom. The lowest BCUT2D eigenvalue weighted by Gasteiger charge is -2.35. The van der Waals surface area contributed by atoms with Gasteiger partial charge in [0.15, 0.2) is 0 Å². The average molecular weight is 329 g/mol. The van der Waals surface area contributed by atoms with E-state index < -0.39 is 0 Å². The molecule has 0 unspecified atom stereocenters. The molecule has 4 rings (SSSR count). The van der Waals surface area contributed by atoms with Gasteiger partial charge in [-0.3, -0.25) is 4.90 Å². The van der Waals surface area contributed by atoms with E-state index in [0.29, 0.717) is 0 Å². The fraction of sp³-hybridized carbons (Fsp3) is 0.500. The lowest BCUT2D eigenvalue weighted by atomic mass is 10.2. The molecule has 1 fully saturated rings. The second-order valence-corrected chi connectivity index (χ2v) is 7.46. The number of aryl methyl sites for hydroxylation is 2. The Balaban J connectivity index is 1.35. The van der Waals surface area contributed by atoms with E-state index in [1.165, 1.54) is 40.5 Å². The molecule has 0 bridgehead atoms. The van der Waals surface area contributed by atoms with Crippen LogP contribution in [0.2, 0.25) is 0 Å². The summed E-state index contributed by atoms with van der Waals surface area (Å²) in [5, 5.41) is 1.31. The molecule has 5 heteroatoms. The molecule has 1 aromatic carbocycles. The van der Waals surface area contributed by atoms with Crippen molar-refractivity contribution in [2.24, 2.45) is 0 Å². The van der Waals surface area contributed by atoms with Crippen LogP contribution in [0.4, 0.5) is 5.69 Å². The number of aromatic nitrogens is 1. The van der Waals surface area contributed by atoms with Crippen LogP contribution in [0.5, 0.6) is 5.75 Å². The molecule has 1 aromatic heterocycles.